The summed E-state index contributed by atoms with van der Waals surface area (Å²) in [6, 6.07) is 9.45. The first-order valence-electron chi connectivity index (χ1n) is 8.02. The number of nitrogens with one attached hydrogen (secondary N) is 2. The van der Waals surface area contributed by atoms with Gasteiger partial charge >= 0.3 is 0 Å². The minimum atomic E-state index is -0.355. The number of nitrogens with two attached hydrogens (primary N) is 1. The molecule has 0 saturated heterocycles. The summed E-state index contributed by atoms with van der Waals surface area (Å²) < 4.78 is 0. The molecular formula is C17H25N3O2. The van der Waals surface area contributed by atoms with Gasteiger partial charge in [-0.2, -0.15) is 0 Å². The molecule has 0 spiro atoms. The van der Waals surface area contributed by atoms with Crippen LogP contribution in [0, 0.1) is 5.92 Å². The fraction of sp³-hybridized carbons (Fsp3) is 0.529. The van der Waals surface area contributed by atoms with Crippen LogP contribution in [0.1, 0.15) is 38.5 Å². The van der Waals surface area contributed by atoms with Crippen molar-refractivity contribution in [3.8, 4) is 0 Å². The summed E-state index contributed by atoms with van der Waals surface area (Å²) in [4.78, 5) is 23.4. The molecule has 0 heterocycles. The van der Waals surface area contributed by atoms with Crippen LogP contribution in [0.15, 0.2) is 30.3 Å². The van der Waals surface area contributed by atoms with Crippen molar-refractivity contribution in [2.24, 2.45) is 11.7 Å². The standard InChI is InChI=1S/C17H25N3O2/c18-16(21)11-15(13-7-3-1-4-8-13)20-17(22)12-19-14-9-5-2-6-10-14/h2,5-6,9-10,13,15,19H,1,3-4,7-8,11-12H2,(H2,18,21)(H,20,22). The molecule has 2 rings (SSSR count). The predicted octanol–water partition coefficient (Wildman–Crippen LogP) is 2.04. The van der Waals surface area contributed by atoms with Crippen molar-refractivity contribution in [2.75, 3.05) is 11.9 Å². The largest absolute Gasteiger partial charge is 0.376 e. The number of benzene rings is 1. The summed E-state index contributed by atoms with van der Waals surface area (Å²) in [5, 5.41) is 6.06. The van der Waals surface area contributed by atoms with E-state index in [9.17, 15) is 9.59 Å². The molecule has 1 aromatic carbocycles. The first-order chi connectivity index (χ1) is 10.6. The number of rotatable bonds is 7. The van der Waals surface area contributed by atoms with E-state index in [1.54, 1.807) is 0 Å². The van der Waals surface area contributed by atoms with Crippen LogP contribution in [-0.2, 0) is 9.59 Å². The van der Waals surface area contributed by atoms with Crippen LogP contribution in [0.2, 0.25) is 0 Å². The van der Waals surface area contributed by atoms with Crippen LogP contribution < -0.4 is 16.4 Å². The van der Waals surface area contributed by atoms with Crippen molar-refractivity contribution in [1.82, 2.24) is 5.32 Å². The van der Waals surface area contributed by atoms with Gasteiger partial charge in [-0.05, 0) is 30.9 Å². The molecule has 1 aliphatic rings. The van der Waals surface area contributed by atoms with E-state index in [4.69, 9.17) is 5.73 Å². The number of carbonyl (C=O) groups excluding carboxylic acids is 2. The highest BCUT2D eigenvalue weighted by molar-refractivity contribution is 5.82. The van der Waals surface area contributed by atoms with Gasteiger partial charge in [0.25, 0.3) is 0 Å². The van der Waals surface area contributed by atoms with Gasteiger partial charge in [0.05, 0.1) is 6.54 Å². The fourth-order valence-electron chi connectivity index (χ4n) is 3.08. The molecule has 1 aliphatic carbocycles. The molecular weight excluding hydrogens is 278 g/mol. The molecule has 0 bridgehead atoms. The van der Waals surface area contributed by atoms with Gasteiger partial charge in [0, 0.05) is 18.2 Å². The lowest BCUT2D eigenvalue weighted by molar-refractivity contribution is -0.122. The first kappa shape index (κ1) is 16.3. The first-order valence-corrected chi connectivity index (χ1v) is 8.02. The van der Waals surface area contributed by atoms with Crippen molar-refractivity contribution < 1.29 is 9.59 Å². The molecule has 5 nitrogen and oxygen atoms in total. The molecule has 1 unspecified atom stereocenters. The van der Waals surface area contributed by atoms with Gasteiger partial charge in [0.1, 0.15) is 0 Å². The zero-order chi connectivity index (χ0) is 15.8. The Morgan fingerprint density at radius 3 is 2.45 bits per heavy atom. The second-order valence-corrected chi connectivity index (χ2v) is 5.96. The van der Waals surface area contributed by atoms with Crippen molar-refractivity contribution in [3.63, 3.8) is 0 Å². The smallest absolute Gasteiger partial charge is 0.239 e. The molecule has 2 amide bonds. The Bertz CT molecular complexity index is 484. The van der Waals surface area contributed by atoms with Gasteiger partial charge in [-0.15, -0.1) is 0 Å². The minimum Gasteiger partial charge on any atom is -0.376 e. The molecule has 120 valence electrons. The van der Waals surface area contributed by atoms with Crippen LogP contribution in [0.3, 0.4) is 0 Å². The highest BCUT2D eigenvalue weighted by Gasteiger charge is 2.26. The number of anilines is 1. The van der Waals surface area contributed by atoms with Crippen LogP contribution in [0.5, 0.6) is 0 Å². The molecule has 1 aromatic rings. The molecule has 0 aliphatic heterocycles. The summed E-state index contributed by atoms with van der Waals surface area (Å²) in [5.74, 6) is -0.0884. The van der Waals surface area contributed by atoms with E-state index in [2.05, 4.69) is 10.6 Å². The summed E-state index contributed by atoms with van der Waals surface area (Å²) in [6.07, 6.45) is 5.91. The SMILES string of the molecule is NC(=O)CC(NC(=O)CNc1ccccc1)C1CCCCC1. The molecule has 1 fully saturated rings. The summed E-state index contributed by atoms with van der Waals surface area (Å²) in [5.41, 5.74) is 6.24. The monoisotopic (exact) mass is 303 g/mol. The average molecular weight is 303 g/mol. The van der Waals surface area contributed by atoms with Gasteiger partial charge in [-0.25, -0.2) is 0 Å². The lowest BCUT2D eigenvalue weighted by Crippen LogP contribution is -2.45. The van der Waals surface area contributed by atoms with Crippen molar-refractivity contribution >= 4 is 17.5 Å². The lowest BCUT2D eigenvalue weighted by atomic mass is 9.82. The normalized spacial score (nSPS) is 16.7. The molecule has 1 saturated carbocycles. The van der Waals surface area contributed by atoms with E-state index in [1.165, 1.54) is 6.42 Å². The maximum atomic E-state index is 12.1. The van der Waals surface area contributed by atoms with Crippen LogP contribution in [-0.4, -0.2) is 24.4 Å². The average Bonchev–Trinajstić information content (AvgIpc) is 2.54. The van der Waals surface area contributed by atoms with Crippen molar-refractivity contribution in [3.05, 3.63) is 30.3 Å². The van der Waals surface area contributed by atoms with Crippen LogP contribution in [0.25, 0.3) is 0 Å². The number of hydrogen-bond donors (Lipinski definition) is 3. The van der Waals surface area contributed by atoms with Gasteiger partial charge in [0.15, 0.2) is 0 Å². The van der Waals surface area contributed by atoms with E-state index < -0.39 is 0 Å². The van der Waals surface area contributed by atoms with Gasteiger partial charge < -0.3 is 16.4 Å². The zero-order valence-electron chi connectivity index (χ0n) is 12.9. The molecule has 4 N–H and O–H groups in total. The second-order valence-electron chi connectivity index (χ2n) is 5.96. The Labute approximate surface area is 131 Å². The second kappa shape index (κ2) is 8.41. The maximum absolute atomic E-state index is 12.1. The van der Waals surface area contributed by atoms with E-state index >= 15 is 0 Å². The number of hydrogen-bond acceptors (Lipinski definition) is 3. The zero-order valence-corrected chi connectivity index (χ0v) is 12.9. The predicted molar refractivity (Wildman–Crippen MR) is 87.2 cm³/mol. The lowest BCUT2D eigenvalue weighted by Gasteiger charge is -2.30. The van der Waals surface area contributed by atoms with Gasteiger partial charge in [-0.3, -0.25) is 9.59 Å². The van der Waals surface area contributed by atoms with E-state index in [1.807, 2.05) is 30.3 Å². The van der Waals surface area contributed by atoms with Crippen LogP contribution in [0.4, 0.5) is 5.69 Å². The molecule has 22 heavy (non-hydrogen) atoms. The van der Waals surface area contributed by atoms with Gasteiger partial charge in [0.2, 0.25) is 11.8 Å². The molecule has 1 atom stereocenters. The third-order valence-corrected chi connectivity index (χ3v) is 4.21. The third kappa shape index (κ3) is 5.39. The summed E-state index contributed by atoms with van der Waals surface area (Å²) in [7, 11) is 0. The van der Waals surface area contributed by atoms with Crippen molar-refractivity contribution in [2.45, 2.75) is 44.6 Å². The Hall–Kier alpha value is -2.04. The minimum absolute atomic E-state index is 0.0966. The fourth-order valence-corrected chi connectivity index (χ4v) is 3.08. The Morgan fingerprint density at radius 2 is 1.82 bits per heavy atom. The Balaban J connectivity index is 1.85. The Morgan fingerprint density at radius 1 is 1.14 bits per heavy atom. The van der Waals surface area contributed by atoms with Gasteiger partial charge in [-0.1, -0.05) is 37.5 Å². The third-order valence-electron chi connectivity index (χ3n) is 4.21. The number of para-hydroxylation sites is 1. The number of primary amides is 1. The highest BCUT2D eigenvalue weighted by Crippen LogP contribution is 2.27. The summed E-state index contributed by atoms with van der Waals surface area (Å²) >= 11 is 0. The topological polar surface area (TPSA) is 84.2 Å². The maximum Gasteiger partial charge on any atom is 0.239 e. The molecule has 0 radical (unpaired) electrons. The molecule has 0 aromatic heterocycles. The number of amides is 2. The van der Waals surface area contributed by atoms with E-state index in [0.29, 0.717) is 5.92 Å². The van der Waals surface area contributed by atoms with E-state index in [0.717, 1.165) is 31.4 Å². The van der Waals surface area contributed by atoms with E-state index in [-0.39, 0.29) is 30.8 Å². The number of carbonyl (C=O) groups is 2. The Kier molecular flexibility index (Phi) is 6.25. The molecule has 5 heteroatoms. The summed E-state index contributed by atoms with van der Waals surface area (Å²) in [6.45, 7) is 0.200. The van der Waals surface area contributed by atoms with Crippen molar-refractivity contribution in [1.29, 1.82) is 0 Å². The quantitative estimate of drug-likeness (QED) is 0.720. The highest BCUT2D eigenvalue weighted by atomic mass is 16.2. The van der Waals surface area contributed by atoms with Crippen LogP contribution >= 0.6 is 0 Å².